The average Bonchev–Trinajstić information content (AvgIpc) is 3.14. The van der Waals surface area contributed by atoms with Gasteiger partial charge in [-0.15, -0.1) is 0 Å². The minimum absolute atomic E-state index is 0.210. The number of anilines is 2. The predicted molar refractivity (Wildman–Crippen MR) is 141 cm³/mol. The molecule has 3 aromatic carbocycles. The second-order valence-electron chi connectivity index (χ2n) is 7.57. The molecule has 2 amide bonds. The third-order valence-corrected chi connectivity index (χ3v) is 6.36. The molecule has 9 heteroatoms. The number of nitrogens with one attached hydrogen (secondary N) is 1. The van der Waals surface area contributed by atoms with E-state index >= 15 is 0 Å². The lowest BCUT2D eigenvalue weighted by Gasteiger charge is -2.12. The van der Waals surface area contributed by atoms with Crippen LogP contribution in [0.15, 0.2) is 81.9 Å². The number of hydrazone groups is 1. The standard InChI is InChI=1S/C26H21BrClN3O4/c1-16-20(26(33)31(30-16)19-6-4-3-5-7-19)12-17-8-11-23(24(13-17)34-2)35-15-25(32)29-18-9-10-21(27)22(28)14-18/h3-14H,15H2,1-2H3,(H,29,32)/b20-12+. The van der Waals surface area contributed by atoms with Crippen LogP contribution in [0.3, 0.4) is 0 Å². The highest BCUT2D eigenvalue weighted by Gasteiger charge is 2.28. The molecule has 3 aromatic rings. The first-order chi connectivity index (χ1) is 16.9. The number of carbonyl (C=O) groups excluding carboxylic acids is 2. The summed E-state index contributed by atoms with van der Waals surface area (Å²) in [6, 6.07) is 19.6. The fraction of sp³-hybridized carbons (Fsp3) is 0.115. The second kappa shape index (κ2) is 10.8. The fourth-order valence-corrected chi connectivity index (χ4v) is 3.83. The number of ether oxygens (including phenoxy) is 2. The molecule has 1 aliphatic heterocycles. The zero-order chi connectivity index (χ0) is 24.9. The van der Waals surface area contributed by atoms with Crippen molar-refractivity contribution in [2.24, 2.45) is 5.10 Å². The Balaban J connectivity index is 1.45. The molecule has 0 radical (unpaired) electrons. The van der Waals surface area contributed by atoms with Crippen LogP contribution >= 0.6 is 27.5 Å². The maximum absolute atomic E-state index is 12.9. The zero-order valence-corrected chi connectivity index (χ0v) is 21.3. The number of nitrogens with zero attached hydrogens (tertiary/aromatic N) is 2. The summed E-state index contributed by atoms with van der Waals surface area (Å²) in [5.41, 5.74) is 3.09. The smallest absolute Gasteiger partial charge is 0.280 e. The Kier molecular flexibility index (Phi) is 7.53. The second-order valence-corrected chi connectivity index (χ2v) is 8.83. The van der Waals surface area contributed by atoms with Crippen LogP contribution < -0.4 is 19.8 Å². The van der Waals surface area contributed by atoms with Crippen molar-refractivity contribution in [2.75, 3.05) is 24.0 Å². The molecule has 0 bridgehead atoms. The highest BCUT2D eigenvalue weighted by Crippen LogP contribution is 2.31. The van der Waals surface area contributed by atoms with Crippen LogP contribution in [0.25, 0.3) is 6.08 Å². The van der Waals surface area contributed by atoms with Crippen LogP contribution in [-0.2, 0) is 9.59 Å². The van der Waals surface area contributed by atoms with Crippen LogP contribution in [-0.4, -0.2) is 31.2 Å². The van der Waals surface area contributed by atoms with E-state index in [1.165, 1.54) is 12.1 Å². The lowest BCUT2D eigenvalue weighted by molar-refractivity contribution is -0.118. The summed E-state index contributed by atoms with van der Waals surface area (Å²) in [5, 5.41) is 8.99. The number of amides is 2. The minimum atomic E-state index is -0.346. The molecule has 1 N–H and O–H groups in total. The van der Waals surface area contributed by atoms with E-state index in [-0.39, 0.29) is 18.4 Å². The van der Waals surface area contributed by atoms with Crippen LogP contribution in [0.5, 0.6) is 11.5 Å². The number of benzene rings is 3. The van der Waals surface area contributed by atoms with Gasteiger partial charge in [0.05, 0.1) is 29.1 Å². The molecule has 0 aliphatic carbocycles. The maximum Gasteiger partial charge on any atom is 0.280 e. The van der Waals surface area contributed by atoms with E-state index in [1.54, 1.807) is 49.4 Å². The summed E-state index contributed by atoms with van der Waals surface area (Å²) < 4.78 is 11.8. The van der Waals surface area contributed by atoms with Gasteiger partial charge in [0.15, 0.2) is 18.1 Å². The van der Waals surface area contributed by atoms with Crippen molar-refractivity contribution < 1.29 is 19.1 Å². The normalized spacial score (nSPS) is 14.2. The molecule has 0 atom stereocenters. The first kappa shape index (κ1) is 24.5. The summed E-state index contributed by atoms with van der Waals surface area (Å²) >= 11 is 9.37. The lowest BCUT2D eigenvalue weighted by atomic mass is 10.1. The Morgan fingerprint density at radius 2 is 1.89 bits per heavy atom. The van der Waals surface area contributed by atoms with Crippen molar-refractivity contribution in [3.8, 4) is 11.5 Å². The number of hydrogen-bond acceptors (Lipinski definition) is 5. The van der Waals surface area contributed by atoms with Crippen LogP contribution in [0.4, 0.5) is 11.4 Å². The average molecular weight is 555 g/mol. The third-order valence-electron chi connectivity index (χ3n) is 5.12. The molecule has 4 rings (SSSR count). The van der Waals surface area contributed by atoms with Gasteiger partial charge in [0.1, 0.15) is 0 Å². The third kappa shape index (κ3) is 5.72. The van der Waals surface area contributed by atoms with Crippen molar-refractivity contribution in [3.05, 3.63) is 87.4 Å². The SMILES string of the molecule is COc1cc(/C=C2/C(=O)N(c3ccccc3)N=C2C)ccc1OCC(=O)Nc1ccc(Br)c(Cl)c1. The molecule has 0 saturated carbocycles. The number of halogens is 2. The summed E-state index contributed by atoms with van der Waals surface area (Å²) in [7, 11) is 1.51. The number of rotatable bonds is 7. The van der Waals surface area contributed by atoms with Gasteiger partial charge in [0.2, 0.25) is 0 Å². The number of methoxy groups -OCH3 is 1. The van der Waals surface area contributed by atoms with Crippen LogP contribution in [0.1, 0.15) is 12.5 Å². The minimum Gasteiger partial charge on any atom is -0.493 e. The molecule has 0 unspecified atom stereocenters. The van der Waals surface area contributed by atoms with Gasteiger partial charge in [-0.2, -0.15) is 10.1 Å². The van der Waals surface area contributed by atoms with Gasteiger partial charge < -0.3 is 14.8 Å². The van der Waals surface area contributed by atoms with Gasteiger partial charge >= 0.3 is 0 Å². The topological polar surface area (TPSA) is 80.2 Å². The molecule has 35 heavy (non-hydrogen) atoms. The molecule has 1 heterocycles. The van der Waals surface area contributed by atoms with E-state index in [9.17, 15) is 9.59 Å². The molecular weight excluding hydrogens is 534 g/mol. The van der Waals surface area contributed by atoms with Gasteiger partial charge in [-0.25, -0.2) is 0 Å². The Bertz CT molecular complexity index is 1340. The van der Waals surface area contributed by atoms with E-state index in [1.807, 2.05) is 30.3 Å². The Labute approximate surface area is 216 Å². The summed E-state index contributed by atoms with van der Waals surface area (Å²) in [5.74, 6) is 0.269. The molecule has 0 fully saturated rings. The monoisotopic (exact) mass is 553 g/mol. The molecule has 7 nitrogen and oxygen atoms in total. The van der Waals surface area contributed by atoms with Gasteiger partial charge in [0.25, 0.3) is 11.8 Å². The van der Waals surface area contributed by atoms with Gasteiger partial charge in [-0.05, 0) is 77.0 Å². The fourth-order valence-electron chi connectivity index (χ4n) is 3.40. The Hall–Kier alpha value is -3.62. The highest BCUT2D eigenvalue weighted by molar-refractivity contribution is 9.10. The van der Waals surface area contributed by atoms with Gasteiger partial charge in [-0.3, -0.25) is 9.59 Å². The number of carbonyl (C=O) groups is 2. The summed E-state index contributed by atoms with van der Waals surface area (Å²) in [6.45, 7) is 1.57. The van der Waals surface area contributed by atoms with E-state index in [4.69, 9.17) is 21.1 Å². The van der Waals surface area contributed by atoms with Crippen molar-refractivity contribution in [1.29, 1.82) is 0 Å². The van der Waals surface area contributed by atoms with E-state index in [0.717, 1.165) is 10.0 Å². The van der Waals surface area contributed by atoms with Crippen molar-refractivity contribution in [3.63, 3.8) is 0 Å². The Morgan fingerprint density at radius 3 is 2.60 bits per heavy atom. The number of hydrogen-bond donors (Lipinski definition) is 1. The van der Waals surface area contributed by atoms with Crippen molar-refractivity contribution in [1.82, 2.24) is 0 Å². The summed E-state index contributed by atoms with van der Waals surface area (Å²) in [6.07, 6.45) is 1.75. The van der Waals surface area contributed by atoms with E-state index < -0.39 is 0 Å². The van der Waals surface area contributed by atoms with E-state index in [2.05, 4.69) is 26.3 Å². The lowest BCUT2D eigenvalue weighted by Crippen LogP contribution is -2.21. The van der Waals surface area contributed by atoms with Crippen LogP contribution in [0, 0.1) is 0 Å². The molecule has 1 aliphatic rings. The summed E-state index contributed by atoms with van der Waals surface area (Å²) in [4.78, 5) is 25.2. The van der Waals surface area contributed by atoms with E-state index in [0.29, 0.717) is 39.2 Å². The maximum atomic E-state index is 12.9. The largest absolute Gasteiger partial charge is 0.493 e. The first-order valence-corrected chi connectivity index (χ1v) is 11.8. The van der Waals surface area contributed by atoms with Gasteiger partial charge in [-0.1, -0.05) is 35.9 Å². The van der Waals surface area contributed by atoms with Crippen LogP contribution in [0.2, 0.25) is 5.02 Å². The predicted octanol–water partition coefficient (Wildman–Crippen LogP) is 5.93. The first-order valence-electron chi connectivity index (χ1n) is 10.6. The highest BCUT2D eigenvalue weighted by atomic mass is 79.9. The Morgan fingerprint density at radius 1 is 1.11 bits per heavy atom. The number of para-hydroxylation sites is 1. The molecular formula is C26H21BrClN3O4. The molecule has 0 spiro atoms. The molecule has 0 saturated heterocycles. The van der Waals surface area contributed by atoms with Crippen molar-refractivity contribution in [2.45, 2.75) is 6.92 Å². The van der Waals surface area contributed by atoms with Gasteiger partial charge in [0, 0.05) is 10.2 Å². The zero-order valence-electron chi connectivity index (χ0n) is 18.9. The quantitative estimate of drug-likeness (QED) is 0.367. The molecule has 178 valence electrons. The molecule has 0 aromatic heterocycles. The van der Waals surface area contributed by atoms with Crippen molar-refractivity contribution >= 4 is 62.5 Å².